The van der Waals surface area contributed by atoms with Crippen LogP contribution >= 0.6 is 11.8 Å². The molecule has 0 aliphatic heterocycles. The molecule has 0 amide bonds. The molecule has 1 aliphatic carbocycles. The molecule has 1 aromatic carbocycles. The van der Waals surface area contributed by atoms with E-state index in [9.17, 15) is 5.11 Å². The Hall–Kier alpha value is -1.84. The molecule has 1 aliphatic rings. The van der Waals surface area contributed by atoms with Crippen LogP contribution in [-0.4, -0.2) is 19.9 Å². The minimum Gasteiger partial charge on any atom is -0.388 e. The van der Waals surface area contributed by atoms with E-state index in [0.717, 1.165) is 29.3 Å². The lowest BCUT2D eigenvalue weighted by Crippen LogP contribution is -2.02. The van der Waals surface area contributed by atoms with E-state index in [1.165, 1.54) is 0 Å². The van der Waals surface area contributed by atoms with Gasteiger partial charge in [0.05, 0.1) is 11.6 Å². The third-order valence-corrected chi connectivity index (χ3v) is 4.23. The van der Waals surface area contributed by atoms with Gasteiger partial charge >= 0.3 is 0 Å². The summed E-state index contributed by atoms with van der Waals surface area (Å²) in [6.07, 6.45) is 2.25. The highest BCUT2D eigenvalue weighted by Crippen LogP contribution is 2.39. The Labute approximate surface area is 121 Å². The first kappa shape index (κ1) is 13.2. The first-order valence-electron chi connectivity index (χ1n) is 6.48. The Kier molecular flexibility index (Phi) is 3.72. The zero-order valence-corrected chi connectivity index (χ0v) is 11.7. The fourth-order valence-electron chi connectivity index (χ4n) is 2.09. The zero-order valence-electron chi connectivity index (χ0n) is 10.9. The number of thioether (sulfide) groups is 1. The molecule has 3 rings (SSSR count). The Morgan fingerprint density at radius 3 is 2.95 bits per heavy atom. The quantitative estimate of drug-likeness (QED) is 0.853. The van der Waals surface area contributed by atoms with Gasteiger partial charge in [0.2, 0.25) is 0 Å². The van der Waals surface area contributed by atoms with Crippen LogP contribution in [-0.2, 0) is 12.4 Å². The molecule has 0 spiro atoms. The molecular weight excluding hydrogens is 272 g/mol. The van der Waals surface area contributed by atoms with Crippen LogP contribution < -0.4 is 0 Å². The smallest absolute Gasteiger partial charge is 0.191 e. The maximum absolute atomic E-state index is 9.29. The zero-order chi connectivity index (χ0) is 13.9. The van der Waals surface area contributed by atoms with Gasteiger partial charge in [-0.3, -0.25) is 0 Å². The van der Waals surface area contributed by atoms with Gasteiger partial charge in [-0.25, -0.2) is 0 Å². The average molecular weight is 286 g/mol. The molecule has 1 heterocycles. The molecule has 0 radical (unpaired) electrons. The number of rotatable bonds is 5. The van der Waals surface area contributed by atoms with Gasteiger partial charge in [-0.15, -0.1) is 10.2 Å². The van der Waals surface area contributed by atoms with Crippen molar-refractivity contribution in [1.29, 1.82) is 5.26 Å². The Balaban J connectivity index is 1.75. The molecular formula is C14H14N4OS. The van der Waals surface area contributed by atoms with Crippen molar-refractivity contribution in [2.75, 3.05) is 0 Å². The first-order valence-corrected chi connectivity index (χ1v) is 7.47. The second-order valence-corrected chi connectivity index (χ2v) is 5.70. The molecule has 6 heteroatoms. The highest BCUT2D eigenvalue weighted by Gasteiger charge is 2.29. The van der Waals surface area contributed by atoms with Crippen molar-refractivity contribution >= 4 is 11.8 Å². The summed E-state index contributed by atoms with van der Waals surface area (Å²) in [5, 5.41) is 27.2. The lowest BCUT2D eigenvalue weighted by atomic mass is 10.2. The normalized spacial score (nSPS) is 14.2. The number of hydrogen-bond donors (Lipinski definition) is 1. The highest BCUT2D eigenvalue weighted by atomic mass is 32.2. The minimum atomic E-state index is -0.0754. The topological polar surface area (TPSA) is 74.7 Å². The van der Waals surface area contributed by atoms with Crippen molar-refractivity contribution in [3.63, 3.8) is 0 Å². The van der Waals surface area contributed by atoms with Gasteiger partial charge in [0.15, 0.2) is 11.0 Å². The Morgan fingerprint density at radius 2 is 2.25 bits per heavy atom. The van der Waals surface area contributed by atoms with Crippen LogP contribution in [0.5, 0.6) is 0 Å². The van der Waals surface area contributed by atoms with Crippen LogP contribution in [0.2, 0.25) is 0 Å². The van der Waals surface area contributed by atoms with Gasteiger partial charge in [-0.1, -0.05) is 23.9 Å². The van der Waals surface area contributed by atoms with Gasteiger partial charge in [-0.2, -0.15) is 5.26 Å². The van der Waals surface area contributed by atoms with Gasteiger partial charge in [0, 0.05) is 11.8 Å². The second-order valence-electron chi connectivity index (χ2n) is 4.76. The van der Waals surface area contributed by atoms with Crippen molar-refractivity contribution in [1.82, 2.24) is 14.8 Å². The number of hydrogen-bond acceptors (Lipinski definition) is 5. The van der Waals surface area contributed by atoms with Gasteiger partial charge < -0.3 is 9.67 Å². The van der Waals surface area contributed by atoms with Crippen molar-refractivity contribution in [3.8, 4) is 6.07 Å². The number of nitriles is 1. The summed E-state index contributed by atoms with van der Waals surface area (Å²) < 4.78 is 2.04. The molecule has 0 unspecified atom stereocenters. The molecule has 1 aromatic heterocycles. The third-order valence-electron chi connectivity index (χ3n) is 3.21. The fraction of sp³-hybridized carbons (Fsp3) is 0.357. The monoisotopic (exact) mass is 286 g/mol. The summed E-state index contributed by atoms with van der Waals surface area (Å²) in [7, 11) is 0. The molecule has 5 nitrogen and oxygen atoms in total. The van der Waals surface area contributed by atoms with E-state index >= 15 is 0 Å². The predicted octanol–water partition coefficient (Wildman–Crippen LogP) is 2.27. The van der Waals surface area contributed by atoms with Crippen LogP contribution in [0, 0.1) is 11.3 Å². The summed E-state index contributed by atoms with van der Waals surface area (Å²) in [5.74, 6) is 1.38. The van der Waals surface area contributed by atoms with Crippen molar-refractivity contribution < 1.29 is 5.11 Å². The molecule has 20 heavy (non-hydrogen) atoms. The Morgan fingerprint density at radius 1 is 1.40 bits per heavy atom. The number of benzene rings is 1. The van der Waals surface area contributed by atoms with Crippen LogP contribution in [0.3, 0.4) is 0 Å². The molecule has 1 saturated carbocycles. The van der Waals surface area contributed by atoms with Crippen LogP contribution in [0.15, 0.2) is 29.4 Å². The maximum Gasteiger partial charge on any atom is 0.191 e. The number of aliphatic hydroxyl groups is 1. The van der Waals surface area contributed by atoms with E-state index in [1.807, 2.05) is 22.8 Å². The van der Waals surface area contributed by atoms with E-state index in [0.29, 0.717) is 17.4 Å². The third kappa shape index (κ3) is 2.69. The van der Waals surface area contributed by atoms with Crippen molar-refractivity contribution in [2.45, 2.75) is 36.4 Å². The lowest BCUT2D eigenvalue weighted by molar-refractivity contribution is 0.263. The van der Waals surface area contributed by atoms with E-state index in [2.05, 4.69) is 16.3 Å². The standard InChI is InChI=1S/C14H14N4OS/c15-7-10-2-1-3-11(6-10)9-20-14-17-16-13(8-19)18(14)12-4-5-12/h1-3,6,12,19H,4-5,8-9H2. The summed E-state index contributed by atoms with van der Waals surface area (Å²) in [6.45, 7) is -0.0754. The average Bonchev–Trinajstić information content (AvgIpc) is 3.25. The maximum atomic E-state index is 9.29. The van der Waals surface area contributed by atoms with Gasteiger partial charge in [0.1, 0.15) is 6.61 Å². The SMILES string of the molecule is N#Cc1cccc(CSc2nnc(CO)n2C2CC2)c1. The van der Waals surface area contributed by atoms with Crippen LogP contribution in [0.4, 0.5) is 0 Å². The van der Waals surface area contributed by atoms with E-state index in [-0.39, 0.29) is 6.61 Å². The largest absolute Gasteiger partial charge is 0.388 e. The number of aromatic nitrogens is 3. The van der Waals surface area contributed by atoms with Crippen molar-refractivity contribution in [3.05, 3.63) is 41.2 Å². The molecule has 2 aromatic rings. The summed E-state index contributed by atoms with van der Waals surface area (Å²) in [4.78, 5) is 0. The molecule has 1 N–H and O–H groups in total. The predicted molar refractivity (Wildman–Crippen MR) is 74.9 cm³/mol. The van der Waals surface area contributed by atoms with Gasteiger partial charge in [-0.05, 0) is 30.5 Å². The first-order chi connectivity index (χ1) is 9.81. The summed E-state index contributed by atoms with van der Waals surface area (Å²) in [5.41, 5.74) is 1.76. The van der Waals surface area contributed by atoms with Crippen LogP contribution in [0.1, 0.15) is 35.8 Å². The minimum absolute atomic E-state index is 0.0754. The lowest BCUT2D eigenvalue weighted by Gasteiger charge is -2.07. The van der Waals surface area contributed by atoms with Crippen LogP contribution in [0.25, 0.3) is 0 Å². The number of nitrogens with zero attached hydrogens (tertiary/aromatic N) is 4. The summed E-state index contributed by atoms with van der Waals surface area (Å²) >= 11 is 1.59. The second kappa shape index (κ2) is 5.65. The van der Waals surface area contributed by atoms with Gasteiger partial charge in [0.25, 0.3) is 0 Å². The molecule has 0 bridgehead atoms. The van der Waals surface area contributed by atoms with E-state index < -0.39 is 0 Å². The Bertz CT molecular complexity index is 657. The van der Waals surface area contributed by atoms with E-state index in [4.69, 9.17) is 5.26 Å². The highest BCUT2D eigenvalue weighted by molar-refractivity contribution is 7.98. The molecule has 102 valence electrons. The molecule has 0 saturated heterocycles. The summed E-state index contributed by atoms with van der Waals surface area (Å²) in [6, 6.07) is 10.2. The molecule has 0 atom stereocenters. The van der Waals surface area contributed by atoms with Crippen molar-refractivity contribution in [2.24, 2.45) is 0 Å². The molecule has 1 fully saturated rings. The van der Waals surface area contributed by atoms with E-state index in [1.54, 1.807) is 17.8 Å². The fourth-order valence-corrected chi connectivity index (χ4v) is 3.06. The number of aliphatic hydroxyl groups excluding tert-OH is 1.